The Morgan fingerprint density at radius 2 is 2.08 bits per heavy atom. The van der Waals surface area contributed by atoms with Crippen molar-refractivity contribution in [3.63, 3.8) is 0 Å². The zero-order chi connectivity index (χ0) is 18.7. The molecule has 1 aromatic carbocycles. The maximum absolute atomic E-state index is 12.3. The van der Waals surface area contributed by atoms with E-state index in [0.717, 1.165) is 23.4 Å². The lowest BCUT2D eigenvalue weighted by Gasteiger charge is -2.17. The van der Waals surface area contributed by atoms with E-state index in [-0.39, 0.29) is 11.5 Å². The number of hydrogen-bond donors (Lipinski definition) is 2. The molecule has 0 spiro atoms. The summed E-state index contributed by atoms with van der Waals surface area (Å²) in [5.74, 6) is 0.170. The standard InChI is InChI=1S/C17H19Cl2N5OS/c1-26-17-16-14(21-22-17)9-15(25)24(23-16)7-5-10(4-6-20)11-2-3-12(18)13(19)8-11/h2-3,8-10,21H,4-7,20H2,1H3. The zero-order valence-electron chi connectivity index (χ0n) is 14.2. The normalized spacial score (nSPS) is 12.6. The minimum absolute atomic E-state index is 0.158. The van der Waals surface area contributed by atoms with E-state index in [1.165, 1.54) is 22.5 Å². The second-order valence-electron chi connectivity index (χ2n) is 5.94. The maximum Gasteiger partial charge on any atom is 0.268 e. The number of nitrogens with zero attached hydrogens (tertiary/aromatic N) is 3. The molecule has 0 amide bonds. The third-order valence-electron chi connectivity index (χ3n) is 4.29. The number of aromatic nitrogens is 4. The summed E-state index contributed by atoms with van der Waals surface area (Å²) in [6, 6.07) is 7.14. The van der Waals surface area contributed by atoms with Crippen LogP contribution in [0.15, 0.2) is 34.1 Å². The van der Waals surface area contributed by atoms with Crippen LogP contribution in [0.25, 0.3) is 11.0 Å². The summed E-state index contributed by atoms with van der Waals surface area (Å²) in [6.07, 6.45) is 3.44. The van der Waals surface area contributed by atoms with Gasteiger partial charge in [0, 0.05) is 12.6 Å². The summed E-state index contributed by atoms with van der Waals surface area (Å²) >= 11 is 13.6. The van der Waals surface area contributed by atoms with Gasteiger partial charge in [-0.25, -0.2) is 4.68 Å². The molecule has 3 rings (SSSR count). The molecule has 0 bridgehead atoms. The molecule has 0 aliphatic heterocycles. The van der Waals surface area contributed by atoms with Gasteiger partial charge in [-0.15, -0.1) is 11.8 Å². The van der Waals surface area contributed by atoms with Crippen molar-refractivity contribution in [2.24, 2.45) is 5.73 Å². The summed E-state index contributed by atoms with van der Waals surface area (Å²) in [6.45, 7) is 1.03. The van der Waals surface area contributed by atoms with E-state index in [1.807, 2.05) is 18.4 Å². The summed E-state index contributed by atoms with van der Waals surface area (Å²) in [7, 11) is 0. The first-order chi connectivity index (χ1) is 12.5. The van der Waals surface area contributed by atoms with Crippen LogP contribution in [0.3, 0.4) is 0 Å². The smallest absolute Gasteiger partial charge is 0.268 e. The van der Waals surface area contributed by atoms with E-state index in [1.54, 1.807) is 6.07 Å². The fourth-order valence-electron chi connectivity index (χ4n) is 2.92. The second kappa shape index (κ2) is 8.43. The number of aryl methyl sites for hydroxylation is 1. The third kappa shape index (κ3) is 4.06. The molecular weight excluding hydrogens is 393 g/mol. The largest absolute Gasteiger partial charge is 0.330 e. The Hall–Kier alpha value is -1.54. The Kier molecular flexibility index (Phi) is 6.24. The first kappa shape index (κ1) is 19.2. The van der Waals surface area contributed by atoms with Crippen molar-refractivity contribution in [3.8, 4) is 0 Å². The van der Waals surface area contributed by atoms with Crippen LogP contribution >= 0.6 is 35.0 Å². The van der Waals surface area contributed by atoms with Gasteiger partial charge in [-0.2, -0.15) is 10.2 Å². The van der Waals surface area contributed by atoms with E-state index in [0.29, 0.717) is 34.2 Å². The monoisotopic (exact) mass is 411 g/mol. The first-order valence-electron chi connectivity index (χ1n) is 8.18. The van der Waals surface area contributed by atoms with Gasteiger partial charge in [-0.3, -0.25) is 9.89 Å². The number of benzene rings is 1. The van der Waals surface area contributed by atoms with Crippen LogP contribution < -0.4 is 11.3 Å². The fourth-order valence-corrected chi connectivity index (χ4v) is 3.71. The van der Waals surface area contributed by atoms with E-state index in [2.05, 4.69) is 15.3 Å². The van der Waals surface area contributed by atoms with E-state index in [9.17, 15) is 4.79 Å². The molecule has 0 saturated carbocycles. The lowest BCUT2D eigenvalue weighted by molar-refractivity contribution is 0.484. The first-order valence-corrected chi connectivity index (χ1v) is 10.2. The van der Waals surface area contributed by atoms with Crippen LogP contribution in [0.5, 0.6) is 0 Å². The van der Waals surface area contributed by atoms with Crippen molar-refractivity contribution in [2.75, 3.05) is 12.8 Å². The molecule has 9 heteroatoms. The summed E-state index contributed by atoms with van der Waals surface area (Å²) in [4.78, 5) is 12.3. The number of thioether (sulfide) groups is 1. The molecular formula is C17H19Cl2N5OS. The van der Waals surface area contributed by atoms with E-state index < -0.39 is 0 Å². The molecule has 6 nitrogen and oxygen atoms in total. The topological polar surface area (TPSA) is 89.6 Å². The van der Waals surface area contributed by atoms with Gasteiger partial charge in [0.05, 0.1) is 15.6 Å². The number of nitrogens with two attached hydrogens (primary N) is 1. The summed E-state index contributed by atoms with van der Waals surface area (Å²) in [5, 5.41) is 13.3. The van der Waals surface area contributed by atoms with Gasteiger partial charge in [0.25, 0.3) is 5.56 Å². The third-order valence-corrected chi connectivity index (χ3v) is 5.70. The molecule has 2 heterocycles. The van der Waals surface area contributed by atoms with Gasteiger partial charge in [0.15, 0.2) is 0 Å². The Morgan fingerprint density at radius 3 is 2.77 bits per heavy atom. The van der Waals surface area contributed by atoms with Gasteiger partial charge in [-0.05, 0) is 49.3 Å². The van der Waals surface area contributed by atoms with Crippen LogP contribution in [0, 0.1) is 0 Å². The van der Waals surface area contributed by atoms with Gasteiger partial charge in [0.2, 0.25) is 0 Å². The highest BCUT2D eigenvalue weighted by atomic mass is 35.5. The van der Waals surface area contributed by atoms with Gasteiger partial charge >= 0.3 is 0 Å². The fraction of sp³-hybridized carbons (Fsp3) is 0.353. The Balaban J connectivity index is 1.84. The molecule has 3 aromatic rings. The highest BCUT2D eigenvalue weighted by Crippen LogP contribution is 2.30. The lowest BCUT2D eigenvalue weighted by atomic mass is 9.92. The average Bonchev–Trinajstić information content (AvgIpc) is 3.02. The van der Waals surface area contributed by atoms with Crippen LogP contribution in [-0.4, -0.2) is 32.8 Å². The van der Waals surface area contributed by atoms with Crippen molar-refractivity contribution in [3.05, 3.63) is 50.2 Å². The number of aromatic amines is 1. The Bertz CT molecular complexity index is 971. The molecule has 0 radical (unpaired) electrons. The van der Waals surface area contributed by atoms with Crippen LogP contribution in [0.2, 0.25) is 10.0 Å². The average molecular weight is 412 g/mol. The van der Waals surface area contributed by atoms with Crippen molar-refractivity contribution in [1.29, 1.82) is 0 Å². The molecule has 1 unspecified atom stereocenters. The number of halogens is 2. The molecule has 1 atom stereocenters. The van der Waals surface area contributed by atoms with E-state index in [4.69, 9.17) is 28.9 Å². The molecule has 0 fully saturated rings. The van der Waals surface area contributed by atoms with Crippen molar-refractivity contribution >= 4 is 46.0 Å². The van der Waals surface area contributed by atoms with Gasteiger partial charge < -0.3 is 5.73 Å². The Labute approximate surface area is 165 Å². The van der Waals surface area contributed by atoms with Gasteiger partial charge in [-0.1, -0.05) is 29.3 Å². The number of nitrogens with one attached hydrogen (secondary N) is 1. The molecule has 138 valence electrons. The molecule has 0 saturated heterocycles. The number of rotatable bonds is 7. The Morgan fingerprint density at radius 1 is 1.27 bits per heavy atom. The SMILES string of the molecule is CSc1n[nH]c2cc(=O)n(CCC(CCN)c3ccc(Cl)c(Cl)c3)nc12. The highest BCUT2D eigenvalue weighted by molar-refractivity contribution is 7.98. The minimum atomic E-state index is -0.158. The molecule has 0 aliphatic carbocycles. The lowest BCUT2D eigenvalue weighted by Crippen LogP contribution is -2.23. The van der Waals surface area contributed by atoms with Gasteiger partial charge in [0.1, 0.15) is 10.5 Å². The second-order valence-corrected chi connectivity index (χ2v) is 7.55. The predicted octanol–water partition coefficient (Wildman–Crippen LogP) is 3.67. The highest BCUT2D eigenvalue weighted by Gasteiger charge is 2.15. The van der Waals surface area contributed by atoms with Crippen molar-refractivity contribution in [1.82, 2.24) is 20.0 Å². The van der Waals surface area contributed by atoms with Crippen molar-refractivity contribution in [2.45, 2.75) is 30.3 Å². The predicted molar refractivity (Wildman–Crippen MR) is 107 cm³/mol. The summed E-state index contributed by atoms with van der Waals surface area (Å²) in [5.41, 5.74) is 8.04. The van der Waals surface area contributed by atoms with Crippen LogP contribution in [0.4, 0.5) is 0 Å². The molecule has 26 heavy (non-hydrogen) atoms. The number of H-pyrrole nitrogens is 1. The molecule has 0 aliphatic rings. The molecule has 2 aromatic heterocycles. The van der Waals surface area contributed by atoms with E-state index >= 15 is 0 Å². The van der Waals surface area contributed by atoms with Crippen LogP contribution in [0.1, 0.15) is 24.3 Å². The summed E-state index contributed by atoms with van der Waals surface area (Å²) < 4.78 is 1.48. The number of hydrogen-bond acceptors (Lipinski definition) is 5. The molecule has 3 N–H and O–H groups in total. The minimum Gasteiger partial charge on any atom is -0.330 e. The number of fused-ring (bicyclic) bond motifs is 1. The maximum atomic E-state index is 12.3. The van der Waals surface area contributed by atoms with Crippen LogP contribution in [-0.2, 0) is 6.54 Å². The quantitative estimate of drug-likeness (QED) is 0.578. The van der Waals surface area contributed by atoms with Crippen molar-refractivity contribution < 1.29 is 0 Å². The zero-order valence-corrected chi connectivity index (χ0v) is 16.5.